The zero-order valence-electron chi connectivity index (χ0n) is 11.4. The fraction of sp³-hybridized carbons (Fsp3) is 0.118. The van der Waals surface area contributed by atoms with E-state index in [1.807, 2.05) is 24.4 Å². The zero-order valence-corrected chi connectivity index (χ0v) is 12.2. The Labute approximate surface area is 128 Å². The molecule has 1 amide bonds. The van der Waals surface area contributed by atoms with Crippen LogP contribution in [0.15, 0.2) is 60.8 Å². The Kier molecular flexibility index (Phi) is 3.93. The largest absolute Gasteiger partial charge is 0.350 e. The molecule has 0 spiro atoms. The maximum atomic E-state index is 12.1. The molecule has 0 aliphatic carbocycles. The van der Waals surface area contributed by atoms with E-state index in [0.29, 0.717) is 17.1 Å². The number of aromatic nitrogens is 1. The molecule has 106 valence electrons. The number of benzene rings is 2. The first-order valence-electron chi connectivity index (χ1n) is 6.82. The Morgan fingerprint density at radius 2 is 1.81 bits per heavy atom. The molecular formula is C17H15ClN2O. The first-order valence-corrected chi connectivity index (χ1v) is 7.20. The summed E-state index contributed by atoms with van der Waals surface area (Å²) in [6.45, 7) is 1.28. The van der Waals surface area contributed by atoms with Crippen molar-refractivity contribution in [2.75, 3.05) is 6.54 Å². The van der Waals surface area contributed by atoms with Crippen molar-refractivity contribution in [3.63, 3.8) is 0 Å². The highest BCUT2D eigenvalue weighted by atomic mass is 35.5. The molecule has 3 rings (SSSR count). The van der Waals surface area contributed by atoms with Crippen LogP contribution in [-0.4, -0.2) is 17.0 Å². The van der Waals surface area contributed by atoms with Crippen LogP contribution in [0.1, 0.15) is 10.4 Å². The molecule has 0 bridgehead atoms. The molecule has 0 unspecified atom stereocenters. The maximum Gasteiger partial charge on any atom is 0.252 e. The van der Waals surface area contributed by atoms with Crippen molar-refractivity contribution in [1.82, 2.24) is 9.88 Å². The van der Waals surface area contributed by atoms with Gasteiger partial charge in [0.05, 0.1) is 10.6 Å². The number of halogens is 1. The van der Waals surface area contributed by atoms with E-state index < -0.39 is 0 Å². The standard InChI is InChI=1S/C17H15ClN2O/c18-15-7-3-2-6-14(15)17(21)19-10-12-20-11-9-13-5-1-4-8-16(13)20/h1-9,11H,10,12H2,(H,19,21). The minimum absolute atomic E-state index is 0.142. The second-order valence-electron chi connectivity index (χ2n) is 4.80. The minimum Gasteiger partial charge on any atom is -0.350 e. The Morgan fingerprint density at radius 1 is 1.05 bits per heavy atom. The second kappa shape index (κ2) is 6.02. The topological polar surface area (TPSA) is 34.0 Å². The van der Waals surface area contributed by atoms with Gasteiger partial charge in [0.1, 0.15) is 0 Å². The summed E-state index contributed by atoms with van der Waals surface area (Å²) in [5.41, 5.74) is 1.68. The Morgan fingerprint density at radius 3 is 2.67 bits per heavy atom. The van der Waals surface area contributed by atoms with Crippen LogP contribution in [0.3, 0.4) is 0 Å². The number of hydrogen-bond acceptors (Lipinski definition) is 1. The molecule has 0 aliphatic rings. The van der Waals surface area contributed by atoms with E-state index >= 15 is 0 Å². The van der Waals surface area contributed by atoms with Gasteiger partial charge in [-0.15, -0.1) is 0 Å². The lowest BCUT2D eigenvalue weighted by atomic mass is 10.2. The molecule has 1 N–H and O–H groups in total. The van der Waals surface area contributed by atoms with Gasteiger partial charge in [-0.05, 0) is 29.7 Å². The van der Waals surface area contributed by atoms with E-state index in [2.05, 4.69) is 28.1 Å². The minimum atomic E-state index is -0.142. The predicted octanol–water partition coefficient (Wildman–Crippen LogP) is 3.72. The quantitative estimate of drug-likeness (QED) is 0.782. The van der Waals surface area contributed by atoms with Gasteiger partial charge < -0.3 is 9.88 Å². The molecule has 0 radical (unpaired) electrons. The van der Waals surface area contributed by atoms with Crippen LogP contribution < -0.4 is 5.32 Å². The number of nitrogens with one attached hydrogen (secondary N) is 1. The maximum absolute atomic E-state index is 12.1. The molecule has 0 saturated heterocycles. The molecule has 0 fully saturated rings. The fourth-order valence-corrected chi connectivity index (χ4v) is 2.59. The van der Waals surface area contributed by atoms with Gasteiger partial charge >= 0.3 is 0 Å². The fourth-order valence-electron chi connectivity index (χ4n) is 2.37. The van der Waals surface area contributed by atoms with Gasteiger partial charge in [0.25, 0.3) is 5.91 Å². The summed E-state index contributed by atoms with van der Waals surface area (Å²) in [5, 5.41) is 4.58. The van der Waals surface area contributed by atoms with Crippen LogP contribution in [0.5, 0.6) is 0 Å². The molecule has 0 saturated carbocycles. The lowest BCUT2D eigenvalue weighted by Crippen LogP contribution is -2.27. The number of para-hydroxylation sites is 1. The van der Waals surface area contributed by atoms with Gasteiger partial charge in [0, 0.05) is 24.8 Å². The van der Waals surface area contributed by atoms with E-state index in [4.69, 9.17) is 11.6 Å². The summed E-state index contributed by atoms with van der Waals surface area (Å²) in [6.07, 6.45) is 2.03. The zero-order chi connectivity index (χ0) is 14.7. The van der Waals surface area contributed by atoms with Crippen molar-refractivity contribution in [3.8, 4) is 0 Å². The smallest absolute Gasteiger partial charge is 0.252 e. The van der Waals surface area contributed by atoms with Crippen molar-refractivity contribution < 1.29 is 4.79 Å². The van der Waals surface area contributed by atoms with Crippen molar-refractivity contribution >= 4 is 28.4 Å². The number of nitrogens with zero attached hydrogens (tertiary/aromatic N) is 1. The summed E-state index contributed by atoms with van der Waals surface area (Å²) in [4.78, 5) is 12.1. The van der Waals surface area contributed by atoms with Gasteiger partial charge in [-0.3, -0.25) is 4.79 Å². The van der Waals surface area contributed by atoms with E-state index in [-0.39, 0.29) is 5.91 Å². The highest BCUT2D eigenvalue weighted by molar-refractivity contribution is 6.33. The van der Waals surface area contributed by atoms with E-state index in [9.17, 15) is 4.79 Å². The molecule has 1 heterocycles. The number of carbonyl (C=O) groups excluding carboxylic acids is 1. The van der Waals surface area contributed by atoms with Gasteiger partial charge in [0.15, 0.2) is 0 Å². The van der Waals surface area contributed by atoms with Gasteiger partial charge in [-0.2, -0.15) is 0 Å². The summed E-state index contributed by atoms with van der Waals surface area (Å²) >= 11 is 6.01. The van der Waals surface area contributed by atoms with Gasteiger partial charge in [0.2, 0.25) is 0 Å². The van der Waals surface area contributed by atoms with Crippen LogP contribution in [0.4, 0.5) is 0 Å². The van der Waals surface area contributed by atoms with Gasteiger partial charge in [-0.1, -0.05) is 41.9 Å². The van der Waals surface area contributed by atoms with Crippen LogP contribution in [0, 0.1) is 0 Å². The normalized spacial score (nSPS) is 10.7. The van der Waals surface area contributed by atoms with Crippen LogP contribution in [-0.2, 0) is 6.54 Å². The van der Waals surface area contributed by atoms with Crippen LogP contribution in [0.25, 0.3) is 10.9 Å². The summed E-state index contributed by atoms with van der Waals surface area (Å²) in [7, 11) is 0. The van der Waals surface area contributed by atoms with E-state index in [1.165, 1.54) is 10.9 Å². The molecule has 4 heteroatoms. The van der Waals surface area contributed by atoms with Crippen molar-refractivity contribution in [2.45, 2.75) is 6.54 Å². The average molecular weight is 299 g/mol. The number of amides is 1. The predicted molar refractivity (Wildman–Crippen MR) is 85.7 cm³/mol. The average Bonchev–Trinajstić information content (AvgIpc) is 2.91. The molecule has 3 nitrogen and oxygen atoms in total. The molecule has 2 aromatic carbocycles. The number of fused-ring (bicyclic) bond motifs is 1. The Bertz CT molecular complexity index is 779. The third kappa shape index (κ3) is 2.93. The Balaban J connectivity index is 1.64. The molecular weight excluding hydrogens is 284 g/mol. The third-order valence-electron chi connectivity index (χ3n) is 3.44. The van der Waals surface area contributed by atoms with E-state index in [1.54, 1.807) is 18.2 Å². The lowest BCUT2D eigenvalue weighted by molar-refractivity contribution is 0.0952. The van der Waals surface area contributed by atoms with E-state index in [0.717, 1.165) is 6.54 Å². The highest BCUT2D eigenvalue weighted by Crippen LogP contribution is 2.15. The lowest BCUT2D eigenvalue weighted by Gasteiger charge is -2.08. The number of rotatable bonds is 4. The van der Waals surface area contributed by atoms with Crippen LogP contribution in [0.2, 0.25) is 5.02 Å². The first kappa shape index (κ1) is 13.7. The highest BCUT2D eigenvalue weighted by Gasteiger charge is 2.08. The van der Waals surface area contributed by atoms with Crippen molar-refractivity contribution in [2.24, 2.45) is 0 Å². The molecule has 1 aromatic heterocycles. The van der Waals surface area contributed by atoms with Gasteiger partial charge in [-0.25, -0.2) is 0 Å². The van der Waals surface area contributed by atoms with Crippen molar-refractivity contribution in [3.05, 3.63) is 71.4 Å². The molecule has 3 aromatic rings. The first-order chi connectivity index (χ1) is 10.3. The van der Waals surface area contributed by atoms with Crippen LogP contribution >= 0.6 is 11.6 Å². The molecule has 21 heavy (non-hydrogen) atoms. The third-order valence-corrected chi connectivity index (χ3v) is 3.77. The molecule has 0 atom stereocenters. The SMILES string of the molecule is O=C(NCCn1ccc2ccccc21)c1ccccc1Cl. The monoisotopic (exact) mass is 298 g/mol. The second-order valence-corrected chi connectivity index (χ2v) is 5.21. The summed E-state index contributed by atoms with van der Waals surface area (Å²) in [5.74, 6) is -0.142. The van der Waals surface area contributed by atoms with Crippen molar-refractivity contribution in [1.29, 1.82) is 0 Å². The Hall–Kier alpha value is -2.26. The number of hydrogen-bond donors (Lipinski definition) is 1. The summed E-state index contributed by atoms with van der Waals surface area (Å²) < 4.78 is 2.13. The summed E-state index contributed by atoms with van der Waals surface area (Å²) in [6, 6.07) is 17.3. The molecule has 0 aliphatic heterocycles. The number of carbonyl (C=O) groups is 1.